The van der Waals surface area contributed by atoms with Crippen LogP contribution in [0, 0.1) is 32.1 Å². The third-order valence-corrected chi connectivity index (χ3v) is 3.42. The van der Waals surface area contributed by atoms with Crippen molar-refractivity contribution in [3.8, 4) is 6.07 Å². The first-order valence-electron chi connectivity index (χ1n) is 5.60. The minimum atomic E-state index is -0.753. The van der Waals surface area contributed by atoms with Crippen LogP contribution in [0.3, 0.4) is 0 Å². The average Bonchev–Trinajstić information content (AvgIpc) is 2.27. The number of halogens is 2. The highest BCUT2D eigenvalue weighted by molar-refractivity contribution is 6.44. The molecule has 5 heteroatoms. The van der Waals surface area contributed by atoms with Gasteiger partial charge in [0.1, 0.15) is 16.5 Å². The first-order valence-corrected chi connectivity index (χ1v) is 6.47. The van der Waals surface area contributed by atoms with E-state index in [1.54, 1.807) is 6.07 Å². The highest BCUT2D eigenvalue weighted by atomic mass is 35.5. The number of hydrogen-bond donors (Lipinski definition) is 1. The van der Waals surface area contributed by atoms with E-state index < -0.39 is 10.7 Å². The number of nitrogens with zero attached hydrogens (tertiary/aromatic N) is 1. The van der Waals surface area contributed by atoms with Crippen molar-refractivity contribution in [1.29, 1.82) is 5.26 Å². The lowest BCUT2D eigenvalue weighted by Crippen LogP contribution is -2.12. The molecule has 0 radical (unpaired) electrons. The molecule has 1 aromatic rings. The average molecular weight is 297 g/mol. The largest absolute Gasteiger partial charge is 0.365 e. The second-order valence-corrected chi connectivity index (χ2v) is 5.39. The summed E-state index contributed by atoms with van der Waals surface area (Å²) in [7, 11) is 0. The second kappa shape index (κ2) is 6.10. The van der Waals surface area contributed by atoms with E-state index in [9.17, 15) is 4.79 Å². The zero-order valence-corrected chi connectivity index (χ0v) is 12.4. The summed E-state index contributed by atoms with van der Waals surface area (Å²) >= 11 is 11.9. The molecule has 0 atom stereocenters. The molecule has 1 rings (SSSR count). The third-order valence-electron chi connectivity index (χ3n) is 2.98. The molecular formula is C14H14Cl2N2O. The van der Waals surface area contributed by atoms with Gasteiger partial charge in [0.25, 0.3) is 5.91 Å². The molecule has 19 heavy (non-hydrogen) atoms. The normalized spacial score (nSPS) is 11.5. The van der Waals surface area contributed by atoms with Crippen LogP contribution in [0.1, 0.15) is 32.7 Å². The van der Waals surface area contributed by atoms with E-state index in [1.807, 2.05) is 26.8 Å². The van der Waals surface area contributed by atoms with Crippen molar-refractivity contribution < 1.29 is 4.79 Å². The Balaban J connectivity index is 3.58. The summed E-state index contributed by atoms with van der Waals surface area (Å²) in [5, 5.41) is 8.90. The lowest BCUT2D eigenvalue weighted by molar-refractivity contribution is -0.114. The maximum atomic E-state index is 11.1. The predicted molar refractivity (Wildman–Crippen MR) is 77.9 cm³/mol. The Kier molecular flexibility index (Phi) is 4.99. The van der Waals surface area contributed by atoms with Crippen molar-refractivity contribution in [2.24, 2.45) is 5.73 Å². The fraction of sp³-hybridized carbons (Fsp3) is 0.286. The minimum Gasteiger partial charge on any atom is -0.365 e. The number of amides is 1. The molecule has 0 heterocycles. The minimum absolute atomic E-state index is 0.0957. The maximum Gasteiger partial charge on any atom is 0.259 e. The Morgan fingerprint density at radius 2 is 1.95 bits per heavy atom. The molecule has 0 aliphatic carbocycles. The molecule has 1 amide bonds. The summed E-state index contributed by atoms with van der Waals surface area (Å²) in [6.07, 6.45) is 1.48. The molecule has 0 saturated carbocycles. The van der Waals surface area contributed by atoms with E-state index >= 15 is 0 Å². The molecule has 0 bridgehead atoms. The lowest BCUT2D eigenvalue weighted by Gasteiger charge is -2.16. The van der Waals surface area contributed by atoms with Gasteiger partial charge in [-0.1, -0.05) is 6.07 Å². The first-order chi connectivity index (χ1) is 8.79. The number of carbonyl (C=O) groups is 1. The van der Waals surface area contributed by atoms with Crippen LogP contribution in [0.2, 0.25) is 0 Å². The van der Waals surface area contributed by atoms with Crippen molar-refractivity contribution in [3.63, 3.8) is 0 Å². The Hall–Kier alpha value is -1.50. The Labute approximate surface area is 122 Å². The van der Waals surface area contributed by atoms with Gasteiger partial charge in [0.05, 0.1) is 0 Å². The molecule has 0 saturated heterocycles. The van der Waals surface area contributed by atoms with Gasteiger partial charge < -0.3 is 5.73 Å². The quantitative estimate of drug-likeness (QED) is 0.527. The molecule has 0 unspecified atom stereocenters. The van der Waals surface area contributed by atoms with Crippen LogP contribution < -0.4 is 5.73 Å². The van der Waals surface area contributed by atoms with Gasteiger partial charge in [0.2, 0.25) is 0 Å². The van der Waals surface area contributed by atoms with Crippen LogP contribution in [-0.2, 0) is 4.79 Å². The second-order valence-electron chi connectivity index (χ2n) is 4.30. The van der Waals surface area contributed by atoms with Crippen LogP contribution in [-0.4, -0.2) is 5.91 Å². The molecular weight excluding hydrogens is 283 g/mol. The van der Waals surface area contributed by atoms with Gasteiger partial charge in [0, 0.05) is 0 Å². The fourth-order valence-corrected chi connectivity index (χ4v) is 2.75. The molecule has 3 nitrogen and oxygen atoms in total. The van der Waals surface area contributed by atoms with Gasteiger partial charge in [-0.05, 0) is 54.7 Å². The number of nitrogens with two attached hydrogens (primary N) is 1. The number of primary amides is 1. The number of rotatable bonds is 3. The Morgan fingerprint density at radius 1 is 1.37 bits per heavy atom. The smallest absolute Gasteiger partial charge is 0.259 e. The lowest BCUT2D eigenvalue weighted by atomic mass is 9.93. The SMILES string of the molecule is Cc1cc(C)c(C(Cl)Cl)c(C)c1/C=C(/C#N)C(N)=O. The van der Waals surface area contributed by atoms with Crippen molar-refractivity contribution in [3.05, 3.63) is 39.5 Å². The van der Waals surface area contributed by atoms with Crippen molar-refractivity contribution in [1.82, 2.24) is 0 Å². The van der Waals surface area contributed by atoms with Crippen LogP contribution in [0.5, 0.6) is 0 Å². The van der Waals surface area contributed by atoms with E-state index in [-0.39, 0.29) is 5.57 Å². The molecule has 1 aromatic carbocycles. The van der Waals surface area contributed by atoms with Gasteiger partial charge in [0.15, 0.2) is 0 Å². The topological polar surface area (TPSA) is 66.9 Å². The summed E-state index contributed by atoms with van der Waals surface area (Å²) in [5.74, 6) is -0.753. The molecule has 0 aliphatic heterocycles. The van der Waals surface area contributed by atoms with Crippen LogP contribution in [0.4, 0.5) is 0 Å². The zero-order chi connectivity index (χ0) is 14.7. The van der Waals surface area contributed by atoms with Crippen molar-refractivity contribution in [2.45, 2.75) is 25.6 Å². The summed E-state index contributed by atoms with van der Waals surface area (Å²) in [5.41, 5.74) is 9.34. The number of nitriles is 1. The molecule has 100 valence electrons. The monoisotopic (exact) mass is 296 g/mol. The fourth-order valence-electron chi connectivity index (χ4n) is 2.08. The molecule has 0 aromatic heterocycles. The van der Waals surface area contributed by atoms with Gasteiger partial charge in [-0.3, -0.25) is 4.79 Å². The standard InChI is InChI=1S/C14H14Cl2N2O/c1-7-4-8(2)12(13(15)16)9(3)11(7)5-10(6-17)14(18)19/h4-5,13H,1-3H3,(H2,18,19)/b10-5-. The number of benzene rings is 1. The number of aryl methyl sites for hydroxylation is 2. The van der Waals surface area contributed by atoms with E-state index in [2.05, 4.69) is 0 Å². The van der Waals surface area contributed by atoms with Crippen molar-refractivity contribution >= 4 is 35.2 Å². The molecule has 0 aliphatic rings. The van der Waals surface area contributed by atoms with E-state index in [0.717, 1.165) is 27.8 Å². The summed E-state index contributed by atoms with van der Waals surface area (Å²) in [4.78, 5) is 10.5. The number of carbonyl (C=O) groups excluding carboxylic acids is 1. The number of alkyl halides is 2. The van der Waals surface area contributed by atoms with Gasteiger partial charge in [-0.15, -0.1) is 23.2 Å². The van der Waals surface area contributed by atoms with E-state index in [0.29, 0.717) is 0 Å². The Bertz CT molecular complexity index is 598. The van der Waals surface area contributed by atoms with Crippen LogP contribution in [0.15, 0.2) is 11.6 Å². The summed E-state index contributed by atoms with van der Waals surface area (Å²) in [6.45, 7) is 5.66. The first kappa shape index (κ1) is 15.6. The third kappa shape index (κ3) is 3.28. The number of hydrogen-bond acceptors (Lipinski definition) is 2. The highest BCUT2D eigenvalue weighted by Gasteiger charge is 2.16. The predicted octanol–water partition coefficient (Wildman–Crippen LogP) is 3.48. The zero-order valence-electron chi connectivity index (χ0n) is 10.9. The summed E-state index contributed by atoms with van der Waals surface area (Å²) < 4.78 is 0. The Morgan fingerprint density at radius 3 is 2.37 bits per heavy atom. The van der Waals surface area contributed by atoms with E-state index in [1.165, 1.54) is 6.08 Å². The van der Waals surface area contributed by atoms with Gasteiger partial charge >= 0.3 is 0 Å². The molecule has 2 N–H and O–H groups in total. The highest BCUT2D eigenvalue weighted by Crippen LogP contribution is 2.34. The summed E-state index contributed by atoms with van der Waals surface area (Å²) in [6, 6.07) is 3.71. The van der Waals surface area contributed by atoms with Crippen molar-refractivity contribution in [2.75, 3.05) is 0 Å². The molecule has 0 fully saturated rings. The van der Waals surface area contributed by atoms with Crippen LogP contribution >= 0.6 is 23.2 Å². The van der Waals surface area contributed by atoms with Gasteiger partial charge in [-0.2, -0.15) is 5.26 Å². The van der Waals surface area contributed by atoms with Gasteiger partial charge in [-0.25, -0.2) is 0 Å². The van der Waals surface area contributed by atoms with Crippen LogP contribution in [0.25, 0.3) is 6.08 Å². The molecule has 0 spiro atoms. The van der Waals surface area contributed by atoms with E-state index in [4.69, 9.17) is 34.2 Å². The maximum absolute atomic E-state index is 11.1.